The fourth-order valence-electron chi connectivity index (χ4n) is 2.80. The van der Waals surface area contributed by atoms with Crippen LogP contribution in [-0.2, 0) is 6.42 Å². The molecule has 4 nitrogen and oxygen atoms in total. The third-order valence-electron chi connectivity index (χ3n) is 4.10. The molecule has 0 saturated carbocycles. The van der Waals surface area contributed by atoms with Crippen molar-refractivity contribution >= 4 is 36.1 Å². The molecule has 0 amide bonds. The molecule has 1 unspecified atom stereocenters. The summed E-state index contributed by atoms with van der Waals surface area (Å²) >= 11 is 5.25. The Morgan fingerprint density at radius 2 is 1.82 bits per heavy atom. The highest BCUT2D eigenvalue weighted by Crippen LogP contribution is 2.32. The molecule has 2 aromatic carbocycles. The number of hydrogen-bond donors (Lipinski definition) is 3. The number of benzene rings is 2. The Hall–Kier alpha value is -0.985. The number of rotatable bonds is 8. The number of hydrogen-bond acceptors (Lipinski definition) is 5. The van der Waals surface area contributed by atoms with Crippen molar-refractivity contribution in [2.45, 2.75) is 19.4 Å². The van der Waals surface area contributed by atoms with Crippen LogP contribution in [0.15, 0.2) is 40.9 Å². The van der Waals surface area contributed by atoms with Crippen LogP contribution in [0, 0.1) is 6.92 Å². The van der Waals surface area contributed by atoms with Gasteiger partial charge in [-0.25, -0.2) is 0 Å². The number of aliphatic hydroxyl groups excluding tert-OH is 2. The highest BCUT2D eigenvalue weighted by molar-refractivity contribution is 9.10. The number of ether oxygens (including phenoxy) is 1. The lowest BCUT2D eigenvalue weighted by Gasteiger charge is -2.19. The van der Waals surface area contributed by atoms with Crippen LogP contribution in [0.3, 0.4) is 0 Å². The number of methoxy groups -OCH3 is 1. The maximum atomic E-state index is 10.9. The Morgan fingerprint density at radius 1 is 1.14 bits per heavy atom. The van der Waals surface area contributed by atoms with E-state index in [1.807, 2.05) is 55.8 Å². The van der Waals surface area contributed by atoms with E-state index in [0.717, 1.165) is 45.4 Å². The quantitative estimate of drug-likeness (QED) is 0.410. The standard InChI is InChI=1S/C19H24BrNO3.C2H6S.B/c1-13-16(4-3-5-18(13)24-2)19(23)17-7-6-15(20)12-14(17)8-9-21-10-11-22;1-3-2;/h3-7,12,19,21-23H,8-11H2,1-2H3;1-2H3;. The van der Waals surface area contributed by atoms with Gasteiger partial charge in [0.05, 0.1) is 13.7 Å². The van der Waals surface area contributed by atoms with E-state index in [-0.39, 0.29) is 15.0 Å². The Bertz CT molecular complexity index is 703. The second kappa shape index (κ2) is 14.9. The van der Waals surface area contributed by atoms with Crippen molar-refractivity contribution in [3.05, 3.63) is 63.1 Å². The van der Waals surface area contributed by atoms with Gasteiger partial charge in [0.15, 0.2) is 0 Å². The lowest BCUT2D eigenvalue weighted by Crippen LogP contribution is -2.21. The minimum atomic E-state index is -0.707. The van der Waals surface area contributed by atoms with E-state index < -0.39 is 6.10 Å². The van der Waals surface area contributed by atoms with Gasteiger partial charge in [-0.2, -0.15) is 11.8 Å². The molecular weight excluding hydrogens is 437 g/mol. The first-order valence-electron chi connectivity index (χ1n) is 8.81. The third kappa shape index (κ3) is 8.17. The molecule has 0 heterocycles. The molecular formula is C21H30BBrNO3S. The van der Waals surface area contributed by atoms with Crippen molar-refractivity contribution < 1.29 is 14.9 Å². The van der Waals surface area contributed by atoms with E-state index >= 15 is 0 Å². The average molecular weight is 467 g/mol. The highest BCUT2D eigenvalue weighted by Gasteiger charge is 2.18. The van der Waals surface area contributed by atoms with E-state index in [2.05, 4.69) is 21.2 Å². The Balaban J connectivity index is 0.00000171. The smallest absolute Gasteiger partial charge is 0.122 e. The summed E-state index contributed by atoms with van der Waals surface area (Å²) in [5.41, 5.74) is 3.76. The Labute approximate surface area is 183 Å². The van der Waals surface area contributed by atoms with E-state index in [0.29, 0.717) is 6.54 Å². The number of nitrogens with one attached hydrogen (secondary N) is 1. The van der Waals surface area contributed by atoms with E-state index in [4.69, 9.17) is 9.84 Å². The van der Waals surface area contributed by atoms with Gasteiger partial charge < -0.3 is 20.3 Å². The van der Waals surface area contributed by atoms with Gasteiger partial charge in [0, 0.05) is 19.4 Å². The lowest BCUT2D eigenvalue weighted by molar-refractivity contribution is 0.217. The molecule has 0 aliphatic heterocycles. The molecule has 0 aliphatic rings. The van der Waals surface area contributed by atoms with Gasteiger partial charge in [0.2, 0.25) is 0 Å². The summed E-state index contributed by atoms with van der Waals surface area (Å²) < 4.78 is 6.34. The average Bonchev–Trinajstić information content (AvgIpc) is 2.66. The molecule has 28 heavy (non-hydrogen) atoms. The van der Waals surface area contributed by atoms with E-state index in [1.165, 1.54) is 0 Å². The fourth-order valence-corrected chi connectivity index (χ4v) is 3.21. The SMILES string of the molecule is COc1cccc(C(O)c2ccc(Br)cc2CCNCCO)c1C.CSC.[B]. The summed E-state index contributed by atoms with van der Waals surface area (Å²) in [6.45, 7) is 3.39. The molecule has 2 aromatic rings. The molecule has 0 spiro atoms. The van der Waals surface area contributed by atoms with E-state index in [9.17, 15) is 5.11 Å². The van der Waals surface area contributed by atoms with Gasteiger partial charge in [-0.05, 0) is 72.9 Å². The summed E-state index contributed by atoms with van der Waals surface area (Å²) in [5.74, 6) is 0.773. The van der Waals surface area contributed by atoms with Crippen LogP contribution in [0.5, 0.6) is 5.75 Å². The Morgan fingerprint density at radius 3 is 2.43 bits per heavy atom. The first kappa shape index (κ1) is 27.0. The van der Waals surface area contributed by atoms with Crippen molar-refractivity contribution in [2.24, 2.45) is 0 Å². The first-order valence-corrected chi connectivity index (χ1v) is 11.2. The van der Waals surface area contributed by atoms with Crippen LogP contribution in [-0.4, -0.2) is 57.9 Å². The first-order chi connectivity index (χ1) is 13.0. The van der Waals surface area contributed by atoms with Crippen LogP contribution < -0.4 is 10.1 Å². The second-order valence-electron chi connectivity index (χ2n) is 6.05. The van der Waals surface area contributed by atoms with Gasteiger partial charge in [0.25, 0.3) is 0 Å². The fraction of sp³-hybridized carbons (Fsp3) is 0.429. The monoisotopic (exact) mass is 466 g/mol. The molecule has 3 N–H and O–H groups in total. The summed E-state index contributed by atoms with van der Waals surface area (Å²) in [4.78, 5) is 0. The summed E-state index contributed by atoms with van der Waals surface area (Å²) in [5, 5.41) is 23.0. The van der Waals surface area contributed by atoms with Gasteiger partial charge >= 0.3 is 0 Å². The molecule has 7 heteroatoms. The normalized spacial score (nSPS) is 11.1. The topological polar surface area (TPSA) is 61.7 Å². The van der Waals surface area contributed by atoms with Crippen LogP contribution in [0.2, 0.25) is 0 Å². The van der Waals surface area contributed by atoms with Crippen molar-refractivity contribution in [1.29, 1.82) is 0 Å². The number of halogens is 1. The molecule has 0 fully saturated rings. The molecule has 0 saturated heterocycles. The summed E-state index contributed by atoms with van der Waals surface area (Å²) in [7, 11) is 1.64. The van der Waals surface area contributed by atoms with Crippen LogP contribution in [0.4, 0.5) is 0 Å². The van der Waals surface area contributed by atoms with Crippen LogP contribution in [0.25, 0.3) is 0 Å². The summed E-state index contributed by atoms with van der Waals surface area (Å²) in [6.07, 6.45) is 4.15. The zero-order chi connectivity index (χ0) is 20.2. The molecule has 153 valence electrons. The van der Waals surface area contributed by atoms with Crippen LogP contribution >= 0.6 is 27.7 Å². The molecule has 1 atom stereocenters. The van der Waals surface area contributed by atoms with Crippen LogP contribution in [0.1, 0.15) is 28.4 Å². The largest absolute Gasteiger partial charge is 0.496 e. The second-order valence-corrected chi connectivity index (χ2v) is 7.78. The minimum Gasteiger partial charge on any atom is -0.496 e. The van der Waals surface area contributed by atoms with E-state index in [1.54, 1.807) is 18.9 Å². The molecule has 0 aromatic heterocycles. The molecule has 0 bridgehead atoms. The molecule has 2 rings (SSSR count). The minimum absolute atomic E-state index is 0. The third-order valence-corrected chi connectivity index (χ3v) is 4.59. The lowest BCUT2D eigenvalue weighted by atomic mass is 9.92. The molecule has 3 radical (unpaired) electrons. The van der Waals surface area contributed by atoms with Crippen molar-refractivity contribution in [3.8, 4) is 5.75 Å². The van der Waals surface area contributed by atoms with Gasteiger partial charge in [-0.15, -0.1) is 0 Å². The maximum Gasteiger partial charge on any atom is 0.122 e. The van der Waals surface area contributed by atoms with Crippen molar-refractivity contribution in [3.63, 3.8) is 0 Å². The van der Waals surface area contributed by atoms with Gasteiger partial charge in [0.1, 0.15) is 11.9 Å². The maximum absolute atomic E-state index is 10.9. The van der Waals surface area contributed by atoms with Gasteiger partial charge in [-0.3, -0.25) is 0 Å². The highest BCUT2D eigenvalue weighted by atomic mass is 79.9. The summed E-state index contributed by atoms with van der Waals surface area (Å²) in [6, 6.07) is 11.7. The zero-order valence-corrected chi connectivity index (χ0v) is 19.4. The predicted octanol–water partition coefficient (Wildman–Crippen LogP) is 3.57. The number of aliphatic hydroxyl groups is 2. The number of thioether (sulfide) groups is 1. The predicted molar refractivity (Wildman–Crippen MR) is 125 cm³/mol. The van der Waals surface area contributed by atoms with Gasteiger partial charge in [-0.1, -0.05) is 34.1 Å². The van der Waals surface area contributed by atoms with Crippen molar-refractivity contribution in [2.75, 3.05) is 39.3 Å². The zero-order valence-electron chi connectivity index (χ0n) is 17.0. The molecule has 0 aliphatic carbocycles. The van der Waals surface area contributed by atoms with Crippen molar-refractivity contribution in [1.82, 2.24) is 5.32 Å². The Kier molecular flexibility index (Phi) is 14.4.